The molecule has 3 rings (SSSR count). The Morgan fingerprint density at radius 3 is 2.83 bits per heavy atom. The Balaban J connectivity index is 1.85. The molecular formula is C14H18BrIN2. The minimum absolute atomic E-state index is 0.388. The predicted molar refractivity (Wildman–Crippen MR) is 88.3 cm³/mol. The molecule has 1 aliphatic carbocycles. The standard InChI is InChI=1S/C14H18BrIN2/c15-12-4-3-11(16)9-13(12)18-8-7-17-14(10-18)5-1-2-6-14/h3-4,9,17H,1-2,5-8,10H2. The number of anilines is 1. The van der Waals surface area contributed by atoms with E-state index in [9.17, 15) is 0 Å². The van der Waals surface area contributed by atoms with Crippen LogP contribution < -0.4 is 10.2 Å². The summed E-state index contributed by atoms with van der Waals surface area (Å²) in [7, 11) is 0. The lowest BCUT2D eigenvalue weighted by Gasteiger charge is -2.43. The van der Waals surface area contributed by atoms with Gasteiger partial charge in [-0.05, 0) is 69.6 Å². The number of nitrogens with one attached hydrogen (secondary N) is 1. The Hall–Kier alpha value is 0.190. The Labute approximate surface area is 131 Å². The molecule has 2 fully saturated rings. The van der Waals surface area contributed by atoms with Crippen LogP contribution in [0.2, 0.25) is 0 Å². The smallest absolute Gasteiger partial charge is 0.0522 e. The van der Waals surface area contributed by atoms with Gasteiger partial charge in [0.2, 0.25) is 0 Å². The fraction of sp³-hybridized carbons (Fsp3) is 0.571. The minimum atomic E-state index is 0.388. The van der Waals surface area contributed by atoms with E-state index in [1.807, 2.05) is 0 Å². The zero-order valence-electron chi connectivity index (χ0n) is 10.4. The van der Waals surface area contributed by atoms with Crippen molar-refractivity contribution in [2.75, 3.05) is 24.5 Å². The first-order valence-electron chi connectivity index (χ1n) is 6.64. The van der Waals surface area contributed by atoms with Crippen molar-refractivity contribution in [1.29, 1.82) is 0 Å². The van der Waals surface area contributed by atoms with Gasteiger partial charge in [-0.25, -0.2) is 0 Å². The van der Waals surface area contributed by atoms with Gasteiger partial charge in [-0.1, -0.05) is 12.8 Å². The van der Waals surface area contributed by atoms with Gasteiger partial charge in [0.25, 0.3) is 0 Å². The monoisotopic (exact) mass is 420 g/mol. The topological polar surface area (TPSA) is 15.3 Å². The van der Waals surface area contributed by atoms with Crippen LogP contribution in [0.15, 0.2) is 22.7 Å². The number of nitrogens with zero attached hydrogens (tertiary/aromatic N) is 1. The highest BCUT2D eigenvalue weighted by Crippen LogP contribution is 2.36. The maximum absolute atomic E-state index is 3.77. The first-order chi connectivity index (χ1) is 8.69. The van der Waals surface area contributed by atoms with Crippen LogP contribution in [0.3, 0.4) is 0 Å². The van der Waals surface area contributed by atoms with Gasteiger partial charge in [0.15, 0.2) is 0 Å². The number of benzene rings is 1. The van der Waals surface area contributed by atoms with Gasteiger partial charge in [-0.15, -0.1) is 0 Å². The molecular weight excluding hydrogens is 403 g/mol. The van der Waals surface area contributed by atoms with Gasteiger partial charge in [-0.3, -0.25) is 0 Å². The zero-order valence-corrected chi connectivity index (χ0v) is 14.1. The molecule has 0 aromatic heterocycles. The summed E-state index contributed by atoms with van der Waals surface area (Å²) < 4.78 is 2.53. The van der Waals surface area contributed by atoms with Crippen molar-refractivity contribution in [1.82, 2.24) is 5.32 Å². The van der Waals surface area contributed by atoms with Crippen molar-refractivity contribution in [2.45, 2.75) is 31.2 Å². The Morgan fingerprint density at radius 1 is 1.28 bits per heavy atom. The van der Waals surface area contributed by atoms with E-state index in [0.29, 0.717) is 5.54 Å². The normalized spacial score (nSPS) is 22.7. The Bertz CT molecular complexity index is 443. The first-order valence-corrected chi connectivity index (χ1v) is 8.51. The quantitative estimate of drug-likeness (QED) is 0.695. The van der Waals surface area contributed by atoms with Crippen molar-refractivity contribution in [3.8, 4) is 0 Å². The van der Waals surface area contributed by atoms with Gasteiger partial charge in [0.05, 0.1) is 5.69 Å². The van der Waals surface area contributed by atoms with Crippen LogP contribution in [0.1, 0.15) is 25.7 Å². The fourth-order valence-corrected chi connectivity index (χ4v) is 4.25. The van der Waals surface area contributed by atoms with Crippen molar-refractivity contribution in [3.63, 3.8) is 0 Å². The van der Waals surface area contributed by atoms with Gasteiger partial charge in [-0.2, -0.15) is 0 Å². The largest absolute Gasteiger partial charge is 0.367 e. The van der Waals surface area contributed by atoms with Crippen molar-refractivity contribution < 1.29 is 0 Å². The molecule has 1 spiro atoms. The second-order valence-electron chi connectivity index (χ2n) is 5.43. The van der Waals surface area contributed by atoms with Gasteiger partial charge in [0, 0.05) is 33.2 Å². The zero-order chi connectivity index (χ0) is 12.6. The lowest BCUT2D eigenvalue weighted by Crippen LogP contribution is -2.59. The molecule has 18 heavy (non-hydrogen) atoms. The summed E-state index contributed by atoms with van der Waals surface area (Å²) in [5, 5.41) is 3.77. The molecule has 0 atom stereocenters. The summed E-state index contributed by atoms with van der Waals surface area (Å²) >= 11 is 6.09. The first kappa shape index (κ1) is 13.2. The van der Waals surface area contributed by atoms with Crippen LogP contribution in [0.5, 0.6) is 0 Å². The van der Waals surface area contributed by atoms with E-state index in [4.69, 9.17) is 0 Å². The Kier molecular flexibility index (Phi) is 3.87. The summed E-state index contributed by atoms with van der Waals surface area (Å²) in [5.41, 5.74) is 1.74. The lowest BCUT2D eigenvalue weighted by atomic mass is 9.94. The average Bonchev–Trinajstić information content (AvgIpc) is 2.80. The predicted octanol–water partition coefficient (Wildman–Crippen LogP) is 3.78. The molecule has 1 aliphatic heterocycles. The van der Waals surface area contributed by atoms with Crippen molar-refractivity contribution in [3.05, 3.63) is 26.2 Å². The third-order valence-electron chi connectivity index (χ3n) is 4.18. The third kappa shape index (κ3) is 2.56. The molecule has 0 unspecified atom stereocenters. The molecule has 1 N–H and O–H groups in total. The van der Waals surface area contributed by atoms with E-state index in [2.05, 4.69) is 66.9 Å². The molecule has 4 heteroatoms. The van der Waals surface area contributed by atoms with Crippen LogP contribution in [-0.4, -0.2) is 25.2 Å². The summed E-state index contributed by atoms with van der Waals surface area (Å²) in [4.78, 5) is 2.55. The summed E-state index contributed by atoms with van der Waals surface area (Å²) in [6, 6.07) is 6.61. The number of piperazine rings is 1. The molecule has 1 aromatic carbocycles. The summed E-state index contributed by atoms with van der Waals surface area (Å²) in [6.07, 6.45) is 5.44. The highest BCUT2D eigenvalue weighted by molar-refractivity contribution is 14.1. The van der Waals surface area contributed by atoms with E-state index in [-0.39, 0.29) is 0 Å². The molecule has 1 saturated heterocycles. The molecule has 1 saturated carbocycles. The molecule has 2 nitrogen and oxygen atoms in total. The van der Waals surface area contributed by atoms with Crippen LogP contribution in [0, 0.1) is 3.57 Å². The van der Waals surface area contributed by atoms with E-state index in [0.717, 1.165) is 19.6 Å². The number of hydrogen-bond donors (Lipinski definition) is 1. The fourth-order valence-electron chi connectivity index (χ4n) is 3.28. The third-order valence-corrected chi connectivity index (χ3v) is 5.53. The van der Waals surface area contributed by atoms with Crippen LogP contribution in [0.4, 0.5) is 5.69 Å². The van der Waals surface area contributed by atoms with Crippen LogP contribution >= 0.6 is 38.5 Å². The molecule has 0 bridgehead atoms. The second-order valence-corrected chi connectivity index (χ2v) is 7.53. The number of rotatable bonds is 1. The lowest BCUT2D eigenvalue weighted by molar-refractivity contribution is 0.304. The molecule has 98 valence electrons. The summed E-state index contributed by atoms with van der Waals surface area (Å²) in [5.74, 6) is 0. The molecule has 0 amide bonds. The molecule has 1 heterocycles. The van der Waals surface area contributed by atoms with Crippen LogP contribution in [-0.2, 0) is 0 Å². The van der Waals surface area contributed by atoms with Gasteiger partial charge >= 0.3 is 0 Å². The number of hydrogen-bond acceptors (Lipinski definition) is 2. The molecule has 0 radical (unpaired) electrons. The van der Waals surface area contributed by atoms with E-state index in [1.54, 1.807) is 0 Å². The minimum Gasteiger partial charge on any atom is -0.367 e. The van der Waals surface area contributed by atoms with Crippen molar-refractivity contribution >= 4 is 44.2 Å². The van der Waals surface area contributed by atoms with Crippen molar-refractivity contribution in [2.24, 2.45) is 0 Å². The van der Waals surface area contributed by atoms with E-state index < -0.39 is 0 Å². The molecule has 1 aromatic rings. The number of halogens is 2. The second kappa shape index (κ2) is 5.29. The highest BCUT2D eigenvalue weighted by atomic mass is 127. The van der Waals surface area contributed by atoms with E-state index in [1.165, 1.54) is 39.4 Å². The highest BCUT2D eigenvalue weighted by Gasteiger charge is 2.37. The maximum atomic E-state index is 3.77. The van der Waals surface area contributed by atoms with Gasteiger partial charge in [0.1, 0.15) is 0 Å². The maximum Gasteiger partial charge on any atom is 0.0522 e. The average molecular weight is 421 g/mol. The molecule has 2 aliphatic rings. The SMILES string of the molecule is Brc1ccc(I)cc1N1CCNC2(CCCC2)C1. The van der Waals surface area contributed by atoms with Gasteiger partial charge < -0.3 is 10.2 Å². The van der Waals surface area contributed by atoms with E-state index >= 15 is 0 Å². The van der Waals surface area contributed by atoms with Crippen LogP contribution in [0.25, 0.3) is 0 Å². The summed E-state index contributed by atoms with van der Waals surface area (Å²) in [6.45, 7) is 3.38. The Morgan fingerprint density at radius 2 is 2.06 bits per heavy atom.